The van der Waals surface area contributed by atoms with Crippen LogP contribution in [-0.2, 0) is 6.42 Å². The molecule has 0 heterocycles. The van der Waals surface area contributed by atoms with E-state index in [2.05, 4.69) is 55.6 Å². The van der Waals surface area contributed by atoms with Crippen LogP contribution in [0, 0.1) is 13.8 Å². The van der Waals surface area contributed by atoms with Crippen LogP contribution in [0.2, 0.25) is 0 Å². The average Bonchev–Trinajstić information content (AvgIpc) is 2.49. The first-order valence-corrected chi connectivity index (χ1v) is 7.60. The predicted octanol–water partition coefficient (Wildman–Crippen LogP) is 4.21. The van der Waals surface area contributed by atoms with Gasteiger partial charge in [-0.25, -0.2) is 0 Å². The Morgan fingerprint density at radius 3 is 2.62 bits per heavy atom. The molecule has 0 amide bonds. The second-order valence-corrected chi connectivity index (χ2v) is 5.48. The van der Waals surface area contributed by atoms with Gasteiger partial charge in [0.15, 0.2) is 0 Å². The molecule has 21 heavy (non-hydrogen) atoms. The first-order valence-electron chi connectivity index (χ1n) is 7.60. The van der Waals surface area contributed by atoms with Gasteiger partial charge in [0.25, 0.3) is 0 Å². The molecule has 0 radical (unpaired) electrons. The summed E-state index contributed by atoms with van der Waals surface area (Å²) in [4.78, 5) is 0. The van der Waals surface area contributed by atoms with Crippen molar-refractivity contribution in [1.29, 1.82) is 0 Å². The molecule has 1 N–H and O–H groups in total. The standard InChI is InChI=1S/C19H25NO/c1-5-21-18-8-6-7-16(12-18)19(20-4)13-17-11-14(2)9-10-15(17)3/h6-12,19-20H,5,13H2,1-4H3. The molecule has 0 spiro atoms. The Morgan fingerprint density at radius 2 is 1.90 bits per heavy atom. The molecule has 1 atom stereocenters. The SMILES string of the molecule is CCOc1cccc(C(Cc2cc(C)ccc2C)NC)c1. The maximum absolute atomic E-state index is 5.61. The van der Waals surface area contributed by atoms with Crippen LogP contribution >= 0.6 is 0 Å². The number of nitrogens with one attached hydrogen (secondary N) is 1. The van der Waals surface area contributed by atoms with Gasteiger partial charge in [0.05, 0.1) is 6.61 Å². The van der Waals surface area contributed by atoms with E-state index in [4.69, 9.17) is 4.74 Å². The highest BCUT2D eigenvalue weighted by atomic mass is 16.5. The maximum Gasteiger partial charge on any atom is 0.119 e. The van der Waals surface area contributed by atoms with Crippen molar-refractivity contribution >= 4 is 0 Å². The molecule has 112 valence electrons. The van der Waals surface area contributed by atoms with Gasteiger partial charge >= 0.3 is 0 Å². The Kier molecular flexibility index (Phi) is 5.40. The minimum absolute atomic E-state index is 0.297. The number of rotatable bonds is 6. The number of aryl methyl sites for hydroxylation is 2. The zero-order valence-electron chi connectivity index (χ0n) is 13.4. The first kappa shape index (κ1) is 15.6. The van der Waals surface area contributed by atoms with Crippen molar-refractivity contribution in [3.63, 3.8) is 0 Å². The van der Waals surface area contributed by atoms with E-state index < -0.39 is 0 Å². The second-order valence-electron chi connectivity index (χ2n) is 5.48. The Morgan fingerprint density at radius 1 is 1.10 bits per heavy atom. The highest BCUT2D eigenvalue weighted by Gasteiger charge is 2.12. The predicted molar refractivity (Wildman–Crippen MR) is 89.0 cm³/mol. The van der Waals surface area contributed by atoms with Gasteiger partial charge in [0.1, 0.15) is 5.75 Å². The van der Waals surface area contributed by atoms with Gasteiger partial charge in [-0.05, 0) is 63.1 Å². The van der Waals surface area contributed by atoms with Gasteiger partial charge in [0.2, 0.25) is 0 Å². The maximum atomic E-state index is 5.61. The van der Waals surface area contributed by atoms with Gasteiger partial charge in [-0.3, -0.25) is 0 Å². The molecule has 2 aromatic carbocycles. The van der Waals surface area contributed by atoms with Crippen LogP contribution in [0.4, 0.5) is 0 Å². The van der Waals surface area contributed by atoms with Crippen molar-refractivity contribution in [1.82, 2.24) is 5.32 Å². The summed E-state index contributed by atoms with van der Waals surface area (Å²) in [6, 6.07) is 15.3. The number of benzene rings is 2. The summed E-state index contributed by atoms with van der Waals surface area (Å²) in [5, 5.41) is 3.43. The van der Waals surface area contributed by atoms with Gasteiger partial charge in [-0.1, -0.05) is 35.9 Å². The molecule has 2 aromatic rings. The molecule has 0 bridgehead atoms. The summed E-state index contributed by atoms with van der Waals surface area (Å²) in [5.74, 6) is 0.941. The molecule has 0 saturated carbocycles. The van der Waals surface area contributed by atoms with Crippen LogP contribution in [0.5, 0.6) is 5.75 Å². The van der Waals surface area contributed by atoms with Gasteiger partial charge in [-0.15, -0.1) is 0 Å². The lowest BCUT2D eigenvalue weighted by Gasteiger charge is -2.19. The van der Waals surface area contributed by atoms with Crippen LogP contribution < -0.4 is 10.1 Å². The molecule has 2 rings (SSSR count). The summed E-state index contributed by atoms with van der Waals surface area (Å²) < 4.78 is 5.61. The number of ether oxygens (including phenoxy) is 1. The minimum Gasteiger partial charge on any atom is -0.494 e. The summed E-state index contributed by atoms with van der Waals surface area (Å²) in [6.45, 7) is 7.04. The van der Waals surface area contributed by atoms with E-state index in [1.54, 1.807) is 0 Å². The summed E-state index contributed by atoms with van der Waals surface area (Å²) in [7, 11) is 2.02. The zero-order valence-corrected chi connectivity index (χ0v) is 13.4. The smallest absolute Gasteiger partial charge is 0.119 e. The monoisotopic (exact) mass is 283 g/mol. The van der Waals surface area contributed by atoms with Crippen molar-refractivity contribution in [2.45, 2.75) is 33.2 Å². The lowest BCUT2D eigenvalue weighted by atomic mass is 9.95. The molecule has 2 nitrogen and oxygen atoms in total. The molecule has 0 saturated heterocycles. The highest BCUT2D eigenvalue weighted by molar-refractivity contribution is 5.35. The van der Waals surface area contributed by atoms with Crippen LogP contribution in [-0.4, -0.2) is 13.7 Å². The molecule has 0 fully saturated rings. The Bertz CT molecular complexity index is 592. The van der Waals surface area contributed by atoms with Crippen LogP contribution in [0.15, 0.2) is 42.5 Å². The summed E-state index contributed by atoms with van der Waals surface area (Å²) >= 11 is 0. The fourth-order valence-electron chi connectivity index (χ4n) is 2.61. The average molecular weight is 283 g/mol. The normalized spacial score (nSPS) is 12.2. The summed E-state index contributed by atoms with van der Waals surface area (Å²) in [5.41, 5.74) is 5.33. The molecule has 0 aliphatic heterocycles. The van der Waals surface area contributed by atoms with E-state index in [1.165, 1.54) is 22.3 Å². The Balaban J connectivity index is 2.23. The molecule has 1 unspecified atom stereocenters. The van der Waals surface area contributed by atoms with Gasteiger partial charge in [0, 0.05) is 6.04 Å². The van der Waals surface area contributed by atoms with Gasteiger partial charge in [-0.2, -0.15) is 0 Å². The van der Waals surface area contributed by atoms with Crippen molar-refractivity contribution in [3.05, 3.63) is 64.7 Å². The third-order valence-corrected chi connectivity index (χ3v) is 3.85. The second kappa shape index (κ2) is 7.28. The third kappa shape index (κ3) is 4.08. The Labute approximate surface area is 128 Å². The number of hydrogen-bond donors (Lipinski definition) is 1. The van der Waals surface area contributed by atoms with Crippen molar-refractivity contribution in [2.24, 2.45) is 0 Å². The topological polar surface area (TPSA) is 21.3 Å². The van der Waals surface area contributed by atoms with Crippen molar-refractivity contribution in [3.8, 4) is 5.75 Å². The van der Waals surface area contributed by atoms with Crippen LogP contribution in [0.25, 0.3) is 0 Å². The first-order chi connectivity index (χ1) is 10.1. The fraction of sp³-hybridized carbons (Fsp3) is 0.368. The van der Waals surface area contributed by atoms with Crippen LogP contribution in [0.1, 0.15) is 35.2 Å². The van der Waals surface area contributed by atoms with E-state index in [9.17, 15) is 0 Å². The van der Waals surface area contributed by atoms with E-state index in [0.29, 0.717) is 12.6 Å². The fourth-order valence-corrected chi connectivity index (χ4v) is 2.61. The third-order valence-electron chi connectivity index (χ3n) is 3.85. The summed E-state index contributed by atoms with van der Waals surface area (Å²) in [6.07, 6.45) is 0.986. The Hall–Kier alpha value is -1.80. The molecule has 0 aliphatic carbocycles. The zero-order chi connectivity index (χ0) is 15.2. The molecule has 0 aliphatic rings. The van der Waals surface area contributed by atoms with Crippen molar-refractivity contribution in [2.75, 3.05) is 13.7 Å². The number of hydrogen-bond acceptors (Lipinski definition) is 2. The number of likely N-dealkylation sites (N-methyl/N-ethyl adjacent to an activating group) is 1. The largest absolute Gasteiger partial charge is 0.494 e. The van der Waals surface area contributed by atoms with E-state index in [1.807, 2.05) is 20.0 Å². The van der Waals surface area contributed by atoms with E-state index in [0.717, 1.165) is 12.2 Å². The highest BCUT2D eigenvalue weighted by Crippen LogP contribution is 2.24. The molecular weight excluding hydrogens is 258 g/mol. The van der Waals surface area contributed by atoms with E-state index >= 15 is 0 Å². The van der Waals surface area contributed by atoms with E-state index in [-0.39, 0.29) is 0 Å². The van der Waals surface area contributed by atoms with Gasteiger partial charge < -0.3 is 10.1 Å². The molecular formula is C19H25NO. The van der Waals surface area contributed by atoms with Crippen molar-refractivity contribution < 1.29 is 4.74 Å². The molecule has 0 aromatic heterocycles. The quantitative estimate of drug-likeness (QED) is 0.857. The van der Waals surface area contributed by atoms with Crippen LogP contribution in [0.3, 0.4) is 0 Å². The minimum atomic E-state index is 0.297. The molecule has 2 heteroatoms. The lowest BCUT2D eigenvalue weighted by molar-refractivity contribution is 0.339. The lowest BCUT2D eigenvalue weighted by Crippen LogP contribution is -2.19.